The van der Waals surface area contributed by atoms with Crippen molar-refractivity contribution in [3.05, 3.63) is 59.4 Å². The number of hydrogen-bond donors (Lipinski definition) is 1. The van der Waals surface area contributed by atoms with E-state index in [1.807, 2.05) is 26.0 Å². The summed E-state index contributed by atoms with van der Waals surface area (Å²) in [5, 5.41) is 22.5. The van der Waals surface area contributed by atoms with Crippen LogP contribution in [0.4, 0.5) is 4.39 Å². The number of halogens is 1. The molecule has 8 heteroatoms. The molecule has 0 aliphatic carbocycles. The number of aliphatic hydroxyl groups excluding tert-OH is 1. The van der Waals surface area contributed by atoms with Gasteiger partial charge >= 0.3 is 0 Å². The molecule has 0 bridgehead atoms. The molecule has 0 aliphatic rings. The molecule has 0 spiro atoms. The number of ether oxygens (including phenoxy) is 1. The molecule has 136 valence electrons. The molecule has 1 N–H and O–H groups in total. The molecular formula is C18H19FN4O2S. The number of benzene rings is 2. The standard InChI is InChI=1S/C18H19FN4O2S/c1-12-3-8-17(13(2)9-12)23-18(20-21-22-23)26-11-15(24)10-25-16-6-4-14(19)5-7-16/h3-9,15,24H,10-11H2,1-2H3. The van der Waals surface area contributed by atoms with Crippen LogP contribution in [0.1, 0.15) is 11.1 Å². The van der Waals surface area contributed by atoms with E-state index in [0.717, 1.165) is 11.3 Å². The number of rotatable bonds is 7. The summed E-state index contributed by atoms with van der Waals surface area (Å²) in [7, 11) is 0. The lowest BCUT2D eigenvalue weighted by atomic mass is 10.1. The van der Waals surface area contributed by atoms with Gasteiger partial charge in [-0.3, -0.25) is 0 Å². The van der Waals surface area contributed by atoms with Crippen molar-refractivity contribution in [3.63, 3.8) is 0 Å². The van der Waals surface area contributed by atoms with E-state index in [4.69, 9.17) is 4.74 Å². The quantitative estimate of drug-likeness (QED) is 0.641. The van der Waals surface area contributed by atoms with Gasteiger partial charge in [0.05, 0.1) is 11.8 Å². The summed E-state index contributed by atoms with van der Waals surface area (Å²) in [6, 6.07) is 11.7. The van der Waals surface area contributed by atoms with Gasteiger partial charge in [0.2, 0.25) is 5.16 Å². The molecule has 6 nitrogen and oxygen atoms in total. The van der Waals surface area contributed by atoms with Gasteiger partial charge in [0.1, 0.15) is 18.2 Å². The first-order chi connectivity index (χ1) is 12.5. The summed E-state index contributed by atoms with van der Waals surface area (Å²) >= 11 is 1.34. The predicted octanol–water partition coefficient (Wildman–Crippen LogP) is 2.95. The van der Waals surface area contributed by atoms with E-state index < -0.39 is 6.10 Å². The van der Waals surface area contributed by atoms with Gasteiger partial charge in [-0.2, -0.15) is 4.68 Å². The van der Waals surface area contributed by atoms with E-state index in [9.17, 15) is 9.50 Å². The van der Waals surface area contributed by atoms with Gasteiger partial charge in [0, 0.05) is 5.75 Å². The van der Waals surface area contributed by atoms with Crippen molar-refractivity contribution in [2.45, 2.75) is 25.1 Å². The molecule has 0 fully saturated rings. The monoisotopic (exact) mass is 374 g/mol. The molecule has 3 rings (SSSR count). The number of tetrazole rings is 1. The number of aromatic nitrogens is 4. The minimum atomic E-state index is -0.714. The van der Waals surface area contributed by atoms with Crippen LogP contribution in [0.2, 0.25) is 0 Å². The van der Waals surface area contributed by atoms with Gasteiger partial charge in [0.15, 0.2) is 0 Å². The molecule has 3 aromatic rings. The zero-order valence-electron chi connectivity index (χ0n) is 14.5. The second-order valence-corrected chi connectivity index (χ2v) is 6.88. The molecule has 1 aromatic heterocycles. The SMILES string of the molecule is Cc1ccc(-n2nnnc2SCC(O)COc2ccc(F)cc2)c(C)c1. The van der Waals surface area contributed by atoms with E-state index in [2.05, 4.69) is 21.6 Å². The number of nitrogens with zero attached hydrogens (tertiary/aromatic N) is 4. The van der Waals surface area contributed by atoms with E-state index in [1.165, 1.54) is 41.6 Å². The molecule has 1 unspecified atom stereocenters. The average Bonchev–Trinajstić information content (AvgIpc) is 3.08. The van der Waals surface area contributed by atoms with Crippen LogP contribution in [0.3, 0.4) is 0 Å². The average molecular weight is 374 g/mol. The first-order valence-corrected chi connectivity index (χ1v) is 9.07. The lowest BCUT2D eigenvalue weighted by Gasteiger charge is -2.12. The predicted molar refractivity (Wildman–Crippen MR) is 97.3 cm³/mol. The van der Waals surface area contributed by atoms with Crippen molar-refractivity contribution >= 4 is 11.8 Å². The van der Waals surface area contributed by atoms with Crippen LogP contribution in [0.25, 0.3) is 5.69 Å². The Bertz CT molecular complexity index is 870. The van der Waals surface area contributed by atoms with Crippen LogP contribution < -0.4 is 4.74 Å². The molecule has 0 saturated carbocycles. The molecular weight excluding hydrogens is 355 g/mol. The first kappa shape index (κ1) is 18.3. The van der Waals surface area contributed by atoms with Crippen LogP contribution in [-0.2, 0) is 0 Å². The lowest BCUT2D eigenvalue weighted by molar-refractivity contribution is 0.126. The van der Waals surface area contributed by atoms with Crippen molar-refractivity contribution in [2.75, 3.05) is 12.4 Å². The highest BCUT2D eigenvalue weighted by Gasteiger charge is 2.14. The smallest absolute Gasteiger partial charge is 0.214 e. The zero-order chi connectivity index (χ0) is 18.5. The fourth-order valence-electron chi connectivity index (χ4n) is 2.41. The highest BCUT2D eigenvalue weighted by Crippen LogP contribution is 2.22. The van der Waals surface area contributed by atoms with Gasteiger partial charge in [0.25, 0.3) is 0 Å². The Kier molecular flexibility index (Phi) is 5.85. The fourth-order valence-corrected chi connectivity index (χ4v) is 3.19. The maximum atomic E-state index is 12.9. The number of thioether (sulfide) groups is 1. The topological polar surface area (TPSA) is 73.1 Å². The maximum Gasteiger partial charge on any atom is 0.214 e. The third kappa shape index (κ3) is 4.59. The molecule has 1 atom stereocenters. The Morgan fingerprint density at radius 3 is 2.69 bits per heavy atom. The minimum Gasteiger partial charge on any atom is -0.491 e. The Morgan fingerprint density at radius 2 is 1.96 bits per heavy atom. The van der Waals surface area contributed by atoms with Gasteiger partial charge < -0.3 is 9.84 Å². The van der Waals surface area contributed by atoms with Gasteiger partial charge in [-0.1, -0.05) is 29.5 Å². The molecule has 1 heterocycles. The third-order valence-corrected chi connectivity index (χ3v) is 4.75. The highest BCUT2D eigenvalue weighted by molar-refractivity contribution is 7.99. The molecule has 2 aromatic carbocycles. The zero-order valence-corrected chi connectivity index (χ0v) is 15.3. The summed E-state index contributed by atoms with van der Waals surface area (Å²) in [6.07, 6.45) is -0.714. The number of aliphatic hydroxyl groups is 1. The van der Waals surface area contributed by atoms with Crippen LogP contribution in [-0.4, -0.2) is 43.8 Å². The van der Waals surface area contributed by atoms with Crippen LogP contribution in [0, 0.1) is 19.7 Å². The fraction of sp³-hybridized carbons (Fsp3) is 0.278. The second-order valence-electron chi connectivity index (χ2n) is 5.89. The van der Waals surface area contributed by atoms with E-state index in [-0.39, 0.29) is 12.4 Å². The number of hydrogen-bond acceptors (Lipinski definition) is 6. The van der Waals surface area contributed by atoms with Crippen LogP contribution in [0.15, 0.2) is 47.6 Å². The maximum absolute atomic E-state index is 12.9. The number of aryl methyl sites for hydroxylation is 2. The first-order valence-electron chi connectivity index (χ1n) is 8.08. The van der Waals surface area contributed by atoms with Crippen molar-refractivity contribution in [1.82, 2.24) is 20.2 Å². The third-order valence-electron chi connectivity index (χ3n) is 3.68. The van der Waals surface area contributed by atoms with E-state index in [1.54, 1.807) is 4.68 Å². The largest absolute Gasteiger partial charge is 0.491 e. The molecule has 26 heavy (non-hydrogen) atoms. The second kappa shape index (κ2) is 8.29. The van der Waals surface area contributed by atoms with Gasteiger partial charge in [-0.05, 0) is 60.2 Å². The summed E-state index contributed by atoms with van der Waals surface area (Å²) in [4.78, 5) is 0. The van der Waals surface area contributed by atoms with Crippen molar-refractivity contribution in [1.29, 1.82) is 0 Å². The molecule has 0 saturated heterocycles. The summed E-state index contributed by atoms with van der Waals surface area (Å²) < 4.78 is 20.0. The molecule has 0 radical (unpaired) electrons. The van der Waals surface area contributed by atoms with Gasteiger partial charge in [-0.25, -0.2) is 4.39 Å². The Hall–Kier alpha value is -2.45. The van der Waals surface area contributed by atoms with Gasteiger partial charge in [-0.15, -0.1) is 5.10 Å². The normalized spacial score (nSPS) is 12.2. The van der Waals surface area contributed by atoms with E-state index >= 15 is 0 Å². The van der Waals surface area contributed by atoms with Crippen molar-refractivity contribution in [3.8, 4) is 11.4 Å². The van der Waals surface area contributed by atoms with Crippen molar-refractivity contribution < 1.29 is 14.2 Å². The Labute approximate surface area is 155 Å². The lowest BCUT2D eigenvalue weighted by Crippen LogP contribution is -2.20. The summed E-state index contributed by atoms with van der Waals surface area (Å²) in [5.74, 6) is 0.550. The van der Waals surface area contributed by atoms with Crippen molar-refractivity contribution in [2.24, 2.45) is 0 Å². The minimum absolute atomic E-state index is 0.101. The van der Waals surface area contributed by atoms with Crippen LogP contribution in [0.5, 0.6) is 5.75 Å². The molecule has 0 amide bonds. The summed E-state index contributed by atoms with van der Waals surface area (Å²) in [6.45, 7) is 4.14. The Balaban J connectivity index is 1.58. The Morgan fingerprint density at radius 1 is 1.19 bits per heavy atom. The summed E-state index contributed by atoms with van der Waals surface area (Å²) in [5.41, 5.74) is 3.14. The molecule has 0 aliphatic heterocycles. The highest BCUT2D eigenvalue weighted by atomic mass is 32.2. The van der Waals surface area contributed by atoms with E-state index in [0.29, 0.717) is 16.7 Å². The van der Waals surface area contributed by atoms with Crippen LogP contribution >= 0.6 is 11.8 Å².